The minimum atomic E-state index is -0.885. The lowest BCUT2D eigenvalue weighted by molar-refractivity contribution is -0.136. The van der Waals surface area contributed by atoms with Crippen LogP contribution in [0.5, 0.6) is 0 Å². The van der Waals surface area contributed by atoms with Crippen molar-refractivity contribution in [3.8, 4) is 0 Å². The van der Waals surface area contributed by atoms with Crippen molar-refractivity contribution in [2.24, 2.45) is 0 Å². The van der Waals surface area contributed by atoms with E-state index in [4.69, 9.17) is 4.74 Å². The summed E-state index contributed by atoms with van der Waals surface area (Å²) in [6.07, 6.45) is 0.654. The van der Waals surface area contributed by atoms with Crippen LogP contribution in [0, 0.1) is 0 Å². The number of ether oxygens (including phenoxy) is 1. The normalized spacial score (nSPS) is 18.2. The van der Waals surface area contributed by atoms with Gasteiger partial charge in [0, 0.05) is 39.4 Å². The van der Waals surface area contributed by atoms with Gasteiger partial charge in [-0.05, 0) is 30.5 Å². The second kappa shape index (κ2) is 8.57. The second-order valence-corrected chi connectivity index (χ2v) is 7.27. The van der Waals surface area contributed by atoms with E-state index >= 15 is 0 Å². The second-order valence-electron chi connectivity index (χ2n) is 7.27. The Balaban J connectivity index is 2.01. The molecule has 1 aliphatic rings. The number of nitrogens with zero attached hydrogens (tertiary/aromatic N) is 2. The summed E-state index contributed by atoms with van der Waals surface area (Å²) in [5.41, 5.74) is 1.98. The molecule has 0 saturated carbocycles. The highest BCUT2D eigenvalue weighted by molar-refractivity contribution is 6.09. The van der Waals surface area contributed by atoms with Gasteiger partial charge < -0.3 is 14.5 Å². The van der Waals surface area contributed by atoms with Crippen molar-refractivity contribution in [3.63, 3.8) is 0 Å². The molecule has 0 spiro atoms. The van der Waals surface area contributed by atoms with E-state index in [9.17, 15) is 9.59 Å². The predicted molar refractivity (Wildman–Crippen MR) is 110 cm³/mol. The minimum absolute atomic E-state index is 0.0195. The molecule has 2 aromatic rings. The van der Waals surface area contributed by atoms with Gasteiger partial charge in [0.15, 0.2) is 0 Å². The molecule has 0 bridgehead atoms. The fourth-order valence-electron chi connectivity index (χ4n) is 4.10. The van der Waals surface area contributed by atoms with Gasteiger partial charge >= 0.3 is 0 Å². The molecular formula is C23H28N2O3. The lowest BCUT2D eigenvalue weighted by Crippen LogP contribution is -2.46. The molecule has 1 aliphatic heterocycles. The molecule has 2 aromatic carbocycles. The van der Waals surface area contributed by atoms with Crippen LogP contribution in [0.1, 0.15) is 24.5 Å². The summed E-state index contributed by atoms with van der Waals surface area (Å²) in [4.78, 5) is 30.1. The highest BCUT2D eigenvalue weighted by Gasteiger charge is 2.51. The average molecular weight is 380 g/mol. The maximum Gasteiger partial charge on any atom is 0.238 e. The first kappa shape index (κ1) is 20.1. The van der Waals surface area contributed by atoms with Crippen LogP contribution < -0.4 is 4.90 Å². The molecule has 28 heavy (non-hydrogen) atoms. The van der Waals surface area contributed by atoms with Crippen LogP contribution >= 0.6 is 0 Å². The Morgan fingerprint density at radius 1 is 1.11 bits per heavy atom. The third kappa shape index (κ3) is 3.67. The van der Waals surface area contributed by atoms with Gasteiger partial charge in [-0.25, -0.2) is 0 Å². The Hall–Kier alpha value is -2.66. The molecular weight excluding hydrogens is 352 g/mol. The highest BCUT2D eigenvalue weighted by atomic mass is 16.5. The van der Waals surface area contributed by atoms with Crippen molar-refractivity contribution in [2.75, 3.05) is 38.8 Å². The summed E-state index contributed by atoms with van der Waals surface area (Å²) in [5.74, 6) is -0.0392. The summed E-state index contributed by atoms with van der Waals surface area (Å²) in [6, 6.07) is 17.7. The Kier molecular flexibility index (Phi) is 6.15. The van der Waals surface area contributed by atoms with E-state index in [1.165, 1.54) is 0 Å². The smallest absolute Gasteiger partial charge is 0.238 e. The topological polar surface area (TPSA) is 49.9 Å². The van der Waals surface area contributed by atoms with E-state index in [-0.39, 0.29) is 18.2 Å². The zero-order chi connectivity index (χ0) is 20.1. The summed E-state index contributed by atoms with van der Waals surface area (Å²) in [6.45, 7) is 3.55. The number of anilines is 1. The van der Waals surface area contributed by atoms with Crippen LogP contribution in [0.3, 0.4) is 0 Å². The van der Waals surface area contributed by atoms with E-state index in [0.717, 1.165) is 16.8 Å². The average Bonchev–Trinajstić information content (AvgIpc) is 2.92. The van der Waals surface area contributed by atoms with Gasteiger partial charge in [0.2, 0.25) is 11.8 Å². The molecule has 5 nitrogen and oxygen atoms in total. The van der Waals surface area contributed by atoms with E-state index in [0.29, 0.717) is 26.1 Å². The van der Waals surface area contributed by atoms with Gasteiger partial charge in [-0.15, -0.1) is 0 Å². The molecule has 0 aliphatic carbocycles. The largest absolute Gasteiger partial charge is 0.383 e. The number of para-hydroxylation sites is 1. The van der Waals surface area contributed by atoms with Gasteiger partial charge in [0.25, 0.3) is 0 Å². The van der Waals surface area contributed by atoms with Crippen molar-refractivity contribution >= 4 is 17.5 Å². The molecule has 3 rings (SSSR count). The number of carbonyl (C=O) groups is 2. The van der Waals surface area contributed by atoms with Crippen LogP contribution in [0.25, 0.3) is 0 Å². The van der Waals surface area contributed by atoms with Crippen LogP contribution in [0.15, 0.2) is 54.6 Å². The zero-order valence-corrected chi connectivity index (χ0v) is 16.9. The van der Waals surface area contributed by atoms with Crippen molar-refractivity contribution in [3.05, 3.63) is 65.7 Å². The number of carbonyl (C=O) groups excluding carboxylic acids is 2. The minimum Gasteiger partial charge on any atom is -0.383 e. The molecule has 0 saturated heterocycles. The van der Waals surface area contributed by atoms with Gasteiger partial charge in [0.1, 0.15) is 0 Å². The Bertz CT molecular complexity index is 837. The van der Waals surface area contributed by atoms with Crippen LogP contribution in [-0.4, -0.2) is 50.6 Å². The quantitative estimate of drug-likeness (QED) is 0.707. The van der Waals surface area contributed by atoms with Crippen molar-refractivity contribution in [2.45, 2.75) is 25.2 Å². The van der Waals surface area contributed by atoms with E-state index in [1.54, 1.807) is 24.0 Å². The number of rotatable bonds is 8. The summed E-state index contributed by atoms with van der Waals surface area (Å²) < 4.78 is 5.14. The molecule has 0 aromatic heterocycles. The van der Waals surface area contributed by atoms with Crippen LogP contribution in [0.2, 0.25) is 0 Å². The number of hydrogen-bond acceptors (Lipinski definition) is 3. The first-order valence-corrected chi connectivity index (χ1v) is 9.72. The maximum atomic E-state index is 13.5. The monoisotopic (exact) mass is 380 g/mol. The van der Waals surface area contributed by atoms with Gasteiger partial charge in [0.05, 0.1) is 12.0 Å². The standard InChI is InChI=1S/C23H28N2O3/c1-4-25(14-15-28-3)21(26)17-23(16-18-10-6-5-7-11-18)19-12-8-9-13-20(19)24(2)22(23)27/h5-13H,4,14-17H2,1-3H3/t23-/m0/s1. The molecule has 148 valence electrons. The van der Waals surface area contributed by atoms with Gasteiger partial charge in [-0.2, -0.15) is 0 Å². The van der Waals surface area contributed by atoms with E-state index in [1.807, 2.05) is 61.5 Å². The van der Waals surface area contributed by atoms with Gasteiger partial charge in [-0.3, -0.25) is 9.59 Å². The number of benzene rings is 2. The Labute approximate surface area is 166 Å². The zero-order valence-electron chi connectivity index (χ0n) is 16.9. The fraction of sp³-hybridized carbons (Fsp3) is 0.391. The summed E-state index contributed by atoms with van der Waals surface area (Å²) in [7, 11) is 3.42. The van der Waals surface area contributed by atoms with Gasteiger partial charge in [-0.1, -0.05) is 48.5 Å². The molecule has 5 heteroatoms. The summed E-state index contributed by atoms with van der Waals surface area (Å²) in [5, 5.41) is 0. The Morgan fingerprint density at radius 2 is 1.79 bits per heavy atom. The third-order valence-electron chi connectivity index (χ3n) is 5.60. The highest BCUT2D eigenvalue weighted by Crippen LogP contribution is 2.45. The van der Waals surface area contributed by atoms with Crippen LogP contribution in [0.4, 0.5) is 5.69 Å². The lowest BCUT2D eigenvalue weighted by Gasteiger charge is -2.31. The number of fused-ring (bicyclic) bond motifs is 1. The molecule has 0 N–H and O–H groups in total. The fourth-order valence-corrected chi connectivity index (χ4v) is 4.10. The summed E-state index contributed by atoms with van der Waals surface area (Å²) >= 11 is 0. The SMILES string of the molecule is CCN(CCOC)C(=O)C[C@]1(Cc2ccccc2)C(=O)N(C)c2ccccc21. The van der Waals surface area contributed by atoms with E-state index in [2.05, 4.69) is 0 Å². The third-order valence-corrected chi connectivity index (χ3v) is 5.60. The maximum absolute atomic E-state index is 13.5. The molecule has 0 fully saturated rings. The van der Waals surface area contributed by atoms with Crippen molar-refractivity contribution in [1.82, 2.24) is 4.90 Å². The Morgan fingerprint density at radius 3 is 2.46 bits per heavy atom. The molecule has 1 heterocycles. The first-order valence-electron chi connectivity index (χ1n) is 9.72. The molecule has 2 amide bonds. The van der Waals surface area contributed by atoms with Crippen molar-refractivity contribution < 1.29 is 14.3 Å². The van der Waals surface area contributed by atoms with Crippen molar-refractivity contribution in [1.29, 1.82) is 0 Å². The predicted octanol–water partition coefficient (Wildman–Crippen LogP) is 3.03. The van der Waals surface area contributed by atoms with E-state index < -0.39 is 5.41 Å². The number of methoxy groups -OCH3 is 1. The molecule has 0 unspecified atom stereocenters. The molecule has 1 atom stereocenters. The number of likely N-dealkylation sites (N-methyl/N-ethyl adjacent to an activating group) is 2. The molecule has 0 radical (unpaired) electrons. The number of amides is 2. The van der Waals surface area contributed by atoms with Crippen LogP contribution in [-0.2, 0) is 26.2 Å². The number of hydrogen-bond donors (Lipinski definition) is 0. The lowest BCUT2D eigenvalue weighted by atomic mass is 9.73. The first-order chi connectivity index (χ1) is 13.5.